The lowest BCUT2D eigenvalue weighted by Gasteiger charge is -2.16. The molecule has 1 fully saturated rings. The molecule has 2 N–H and O–H groups in total. The van der Waals surface area contributed by atoms with Crippen molar-refractivity contribution >= 4 is 50.5 Å². The fraction of sp³-hybridized carbons (Fsp3) is 0.167. The Morgan fingerprint density at radius 3 is 2.42 bits per heavy atom. The summed E-state index contributed by atoms with van der Waals surface area (Å²) in [5.41, 5.74) is 2.36. The van der Waals surface area contributed by atoms with E-state index in [1.165, 1.54) is 12.1 Å². The molecule has 0 bridgehead atoms. The number of amides is 2. The van der Waals surface area contributed by atoms with Crippen molar-refractivity contribution in [3.8, 4) is 0 Å². The van der Waals surface area contributed by atoms with Crippen LogP contribution in [-0.2, 0) is 14.8 Å². The maximum atomic E-state index is 12.9. The average molecular weight is 484 g/mol. The monoisotopic (exact) mass is 483 g/mol. The first kappa shape index (κ1) is 22.8. The molecule has 1 aliphatic rings. The van der Waals surface area contributed by atoms with Crippen molar-refractivity contribution in [3.63, 3.8) is 0 Å². The number of carbonyl (C=O) groups is 2. The van der Waals surface area contributed by atoms with Crippen molar-refractivity contribution in [2.24, 2.45) is 0 Å². The third-order valence-corrected chi connectivity index (χ3v) is 7.09. The number of sulfonamides is 1. The van der Waals surface area contributed by atoms with Gasteiger partial charge < -0.3 is 10.2 Å². The van der Waals surface area contributed by atoms with Gasteiger partial charge in [0.1, 0.15) is 0 Å². The number of rotatable bonds is 6. The number of carbonyl (C=O) groups excluding carboxylic acids is 2. The van der Waals surface area contributed by atoms with Gasteiger partial charge in [-0.2, -0.15) is 0 Å². The van der Waals surface area contributed by atoms with Crippen molar-refractivity contribution in [2.45, 2.75) is 24.7 Å². The van der Waals surface area contributed by atoms with E-state index < -0.39 is 10.0 Å². The minimum absolute atomic E-state index is 0.0446. The third kappa shape index (κ3) is 5.18. The van der Waals surface area contributed by atoms with Crippen LogP contribution in [0.2, 0.25) is 5.02 Å². The Hall–Kier alpha value is -3.36. The van der Waals surface area contributed by atoms with Gasteiger partial charge in [0.25, 0.3) is 15.9 Å². The maximum Gasteiger partial charge on any atom is 0.262 e. The summed E-state index contributed by atoms with van der Waals surface area (Å²) in [4.78, 5) is 26.4. The molecule has 7 nitrogen and oxygen atoms in total. The highest BCUT2D eigenvalue weighted by molar-refractivity contribution is 7.92. The molecular formula is C24H22ClN3O4S. The summed E-state index contributed by atoms with van der Waals surface area (Å²) in [7, 11) is -3.90. The summed E-state index contributed by atoms with van der Waals surface area (Å²) in [6.45, 7) is 2.35. The highest BCUT2D eigenvalue weighted by atomic mass is 35.5. The van der Waals surface area contributed by atoms with Crippen LogP contribution in [0.3, 0.4) is 0 Å². The molecule has 1 saturated heterocycles. The maximum absolute atomic E-state index is 12.9. The van der Waals surface area contributed by atoms with Gasteiger partial charge >= 0.3 is 0 Å². The Labute approximate surface area is 197 Å². The van der Waals surface area contributed by atoms with Crippen molar-refractivity contribution in [1.82, 2.24) is 0 Å². The first-order valence-corrected chi connectivity index (χ1v) is 12.2. The molecule has 3 aromatic rings. The topological polar surface area (TPSA) is 95.6 Å². The van der Waals surface area contributed by atoms with E-state index in [0.29, 0.717) is 40.5 Å². The highest BCUT2D eigenvalue weighted by Gasteiger charge is 2.22. The summed E-state index contributed by atoms with van der Waals surface area (Å²) in [6.07, 6.45) is 1.36. The molecule has 4 rings (SSSR count). The fourth-order valence-electron chi connectivity index (χ4n) is 3.65. The molecule has 9 heteroatoms. The zero-order chi connectivity index (χ0) is 23.6. The standard InChI is InChI=1S/C24H22ClN3O4S/c1-16-7-10-19(15-22(16)33(31,32)27-20-5-2-4-18(25)14-20)26-24(30)17-8-11-21(12-9-17)28-13-3-6-23(28)29/h2,4-5,7-12,14-15,27H,3,6,13H2,1H3,(H,26,30). The SMILES string of the molecule is Cc1ccc(NC(=O)c2ccc(N3CCCC3=O)cc2)cc1S(=O)(=O)Nc1cccc(Cl)c1. The summed E-state index contributed by atoms with van der Waals surface area (Å²) in [5.74, 6) is -0.309. The molecule has 0 atom stereocenters. The zero-order valence-electron chi connectivity index (χ0n) is 17.8. The van der Waals surface area contributed by atoms with Crippen LogP contribution in [0.25, 0.3) is 0 Å². The van der Waals surface area contributed by atoms with E-state index in [0.717, 1.165) is 12.1 Å². The molecule has 0 radical (unpaired) electrons. The van der Waals surface area contributed by atoms with Gasteiger partial charge in [-0.05, 0) is 73.5 Å². The van der Waals surface area contributed by atoms with Gasteiger partial charge in [0.15, 0.2) is 0 Å². The molecule has 0 aromatic heterocycles. The van der Waals surface area contributed by atoms with E-state index in [9.17, 15) is 18.0 Å². The molecule has 0 aliphatic carbocycles. The number of aryl methyl sites for hydroxylation is 1. The Balaban J connectivity index is 1.51. The molecule has 33 heavy (non-hydrogen) atoms. The first-order valence-electron chi connectivity index (χ1n) is 10.3. The molecule has 1 aliphatic heterocycles. The first-order chi connectivity index (χ1) is 15.7. The number of anilines is 3. The lowest BCUT2D eigenvalue weighted by molar-refractivity contribution is -0.117. The smallest absolute Gasteiger partial charge is 0.262 e. The van der Waals surface area contributed by atoms with Crippen LogP contribution >= 0.6 is 11.6 Å². The predicted molar refractivity (Wildman–Crippen MR) is 129 cm³/mol. The number of nitrogens with one attached hydrogen (secondary N) is 2. The summed E-state index contributed by atoms with van der Waals surface area (Å²) >= 11 is 5.94. The molecule has 2 amide bonds. The minimum atomic E-state index is -3.90. The third-order valence-electron chi connectivity index (χ3n) is 5.33. The molecule has 0 saturated carbocycles. The van der Waals surface area contributed by atoms with Gasteiger partial charge in [-0.1, -0.05) is 23.7 Å². The Bertz CT molecular complexity index is 1320. The van der Waals surface area contributed by atoms with Crippen molar-refractivity contribution in [3.05, 3.63) is 82.9 Å². The second-order valence-electron chi connectivity index (χ2n) is 7.75. The molecule has 1 heterocycles. The number of hydrogen-bond donors (Lipinski definition) is 2. The molecular weight excluding hydrogens is 462 g/mol. The molecule has 0 spiro atoms. The minimum Gasteiger partial charge on any atom is -0.322 e. The van der Waals surface area contributed by atoms with Gasteiger partial charge in [0, 0.05) is 34.9 Å². The van der Waals surface area contributed by atoms with E-state index in [-0.39, 0.29) is 16.7 Å². The van der Waals surface area contributed by atoms with Gasteiger partial charge in [-0.15, -0.1) is 0 Å². The lowest BCUT2D eigenvalue weighted by Crippen LogP contribution is -2.23. The zero-order valence-corrected chi connectivity index (χ0v) is 19.4. The van der Waals surface area contributed by atoms with Crippen molar-refractivity contribution < 1.29 is 18.0 Å². The Morgan fingerprint density at radius 1 is 1.00 bits per heavy atom. The second kappa shape index (κ2) is 9.25. The Kier molecular flexibility index (Phi) is 6.40. The van der Waals surface area contributed by atoms with Crippen molar-refractivity contribution in [1.29, 1.82) is 0 Å². The lowest BCUT2D eigenvalue weighted by atomic mass is 10.1. The van der Waals surface area contributed by atoms with Crippen LogP contribution in [0, 0.1) is 6.92 Å². The van der Waals surface area contributed by atoms with Crippen LogP contribution in [0.15, 0.2) is 71.6 Å². The average Bonchev–Trinajstić information content (AvgIpc) is 3.20. The van der Waals surface area contributed by atoms with Gasteiger partial charge in [-0.3, -0.25) is 14.3 Å². The van der Waals surface area contributed by atoms with E-state index in [2.05, 4.69) is 10.0 Å². The predicted octanol–water partition coefficient (Wildman–Crippen LogP) is 4.83. The van der Waals surface area contributed by atoms with E-state index in [1.54, 1.807) is 66.4 Å². The van der Waals surface area contributed by atoms with Crippen molar-refractivity contribution in [2.75, 3.05) is 21.5 Å². The van der Waals surface area contributed by atoms with E-state index >= 15 is 0 Å². The number of halogens is 1. The summed E-state index contributed by atoms with van der Waals surface area (Å²) < 4.78 is 28.4. The van der Waals surface area contributed by atoms with Crippen LogP contribution in [0.4, 0.5) is 17.1 Å². The number of nitrogens with zero attached hydrogens (tertiary/aromatic N) is 1. The normalized spacial score (nSPS) is 13.8. The Morgan fingerprint density at radius 2 is 1.76 bits per heavy atom. The summed E-state index contributed by atoms with van der Waals surface area (Å²) in [6, 6.07) is 17.8. The second-order valence-corrected chi connectivity index (χ2v) is 9.83. The van der Waals surface area contributed by atoms with Gasteiger partial charge in [0.05, 0.1) is 10.6 Å². The van der Waals surface area contributed by atoms with E-state index in [4.69, 9.17) is 11.6 Å². The van der Waals surface area contributed by atoms with Crippen LogP contribution < -0.4 is 14.9 Å². The van der Waals surface area contributed by atoms with Crippen LogP contribution in [-0.4, -0.2) is 26.8 Å². The highest BCUT2D eigenvalue weighted by Crippen LogP contribution is 2.25. The quantitative estimate of drug-likeness (QED) is 0.525. The summed E-state index contributed by atoms with van der Waals surface area (Å²) in [5, 5.41) is 3.15. The fourth-order valence-corrected chi connectivity index (χ4v) is 5.16. The van der Waals surface area contributed by atoms with Gasteiger partial charge in [0.2, 0.25) is 5.91 Å². The molecule has 0 unspecified atom stereocenters. The van der Waals surface area contributed by atoms with E-state index in [1.807, 2.05) is 0 Å². The van der Waals surface area contributed by atoms with Crippen LogP contribution in [0.5, 0.6) is 0 Å². The van der Waals surface area contributed by atoms with Gasteiger partial charge in [-0.25, -0.2) is 8.42 Å². The molecule has 170 valence electrons. The molecule has 3 aromatic carbocycles. The largest absolute Gasteiger partial charge is 0.322 e. The number of hydrogen-bond acceptors (Lipinski definition) is 4. The number of benzene rings is 3. The van der Waals surface area contributed by atoms with Crippen LogP contribution in [0.1, 0.15) is 28.8 Å².